The van der Waals surface area contributed by atoms with Gasteiger partial charge >= 0.3 is 0 Å². The van der Waals surface area contributed by atoms with E-state index in [-0.39, 0.29) is 0 Å². The van der Waals surface area contributed by atoms with Gasteiger partial charge in [0.15, 0.2) is 0 Å². The van der Waals surface area contributed by atoms with Crippen molar-refractivity contribution in [2.24, 2.45) is 5.92 Å². The first-order chi connectivity index (χ1) is 13.9. The van der Waals surface area contributed by atoms with Crippen molar-refractivity contribution in [1.82, 2.24) is 0 Å². The van der Waals surface area contributed by atoms with Crippen LogP contribution in [-0.2, 0) is 6.42 Å². The van der Waals surface area contributed by atoms with Crippen molar-refractivity contribution in [3.8, 4) is 0 Å². The van der Waals surface area contributed by atoms with E-state index in [1.807, 2.05) is 6.08 Å². The fraction of sp³-hybridized carbons (Fsp3) is 0.448. The minimum absolute atomic E-state index is 0.652. The molecule has 0 fully saturated rings. The molecule has 0 nitrogen and oxygen atoms in total. The summed E-state index contributed by atoms with van der Waals surface area (Å²) in [7, 11) is 0. The quantitative estimate of drug-likeness (QED) is 0.232. The monoisotopic (exact) mass is 390 g/mol. The summed E-state index contributed by atoms with van der Waals surface area (Å²) in [5.41, 5.74) is 8.14. The van der Waals surface area contributed by atoms with E-state index in [9.17, 15) is 0 Å². The first kappa shape index (κ1) is 25.0. The minimum Gasteiger partial charge on any atom is -0.0999 e. The van der Waals surface area contributed by atoms with Crippen LogP contribution in [0, 0.1) is 5.92 Å². The highest BCUT2D eigenvalue weighted by molar-refractivity contribution is 5.75. The zero-order valence-electron chi connectivity index (χ0n) is 19.6. The highest BCUT2D eigenvalue weighted by atomic mass is 14.1. The summed E-state index contributed by atoms with van der Waals surface area (Å²) in [6, 6.07) is 8.91. The van der Waals surface area contributed by atoms with Crippen molar-refractivity contribution in [1.29, 1.82) is 0 Å². The summed E-state index contributed by atoms with van der Waals surface area (Å²) in [5.74, 6) is 0.652. The maximum Gasteiger partial charge on any atom is -0.0182 e. The van der Waals surface area contributed by atoms with E-state index in [2.05, 4.69) is 90.3 Å². The summed E-state index contributed by atoms with van der Waals surface area (Å²) in [6.07, 6.45) is 16.9. The average Bonchev–Trinajstić information content (AvgIpc) is 2.69. The fourth-order valence-corrected chi connectivity index (χ4v) is 3.55. The molecular weight excluding hydrogens is 348 g/mol. The van der Waals surface area contributed by atoms with Crippen molar-refractivity contribution in [2.45, 2.75) is 79.6 Å². The van der Waals surface area contributed by atoms with Crippen LogP contribution in [-0.4, -0.2) is 0 Å². The lowest BCUT2D eigenvalue weighted by molar-refractivity contribution is 0.516. The molecule has 1 atom stereocenters. The summed E-state index contributed by atoms with van der Waals surface area (Å²) in [6.45, 7) is 19.2. The normalized spacial score (nSPS) is 12.8. The summed E-state index contributed by atoms with van der Waals surface area (Å²) < 4.78 is 0. The molecule has 0 heteroatoms. The van der Waals surface area contributed by atoms with E-state index in [0.717, 1.165) is 12.8 Å². The van der Waals surface area contributed by atoms with Gasteiger partial charge in [-0.15, -0.1) is 0 Å². The van der Waals surface area contributed by atoms with Crippen molar-refractivity contribution in [3.05, 3.63) is 89.6 Å². The zero-order valence-corrected chi connectivity index (χ0v) is 19.6. The Morgan fingerprint density at radius 2 is 1.86 bits per heavy atom. The van der Waals surface area contributed by atoms with Gasteiger partial charge in [0, 0.05) is 0 Å². The fourth-order valence-electron chi connectivity index (χ4n) is 3.55. The molecule has 0 bridgehead atoms. The molecule has 0 amide bonds. The van der Waals surface area contributed by atoms with Crippen LogP contribution in [0.2, 0.25) is 0 Å². The van der Waals surface area contributed by atoms with Crippen molar-refractivity contribution < 1.29 is 0 Å². The van der Waals surface area contributed by atoms with Crippen LogP contribution in [0.1, 0.15) is 84.3 Å². The molecular formula is C29H42. The second-order valence-corrected chi connectivity index (χ2v) is 8.50. The van der Waals surface area contributed by atoms with Gasteiger partial charge < -0.3 is 0 Å². The Morgan fingerprint density at radius 1 is 1.10 bits per heavy atom. The molecule has 0 saturated carbocycles. The number of hydrogen-bond acceptors (Lipinski definition) is 0. The van der Waals surface area contributed by atoms with Gasteiger partial charge in [-0.2, -0.15) is 0 Å². The second kappa shape index (κ2) is 14.0. The van der Waals surface area contributed by atoms with Gasteiger partial charge in [0.1, 0.15) is 0 Å². The maximum atomic E-state index is 4.15. The first-order valence-corrected chi connectivity index (χ1v) is 11.3. The molecule has 1 aromatic carbocycles. The lowest BCUT2D eigenvalue weighted by atomic mass is 9.92. The Kier molecular flexibility index (Phi) is 12.0. The van der Waals surface area contributed by atoms with E-state index < -0.39 is 0 Å². The highest BCUT2D eigenvalue weighted by Crippen LogP contribution is 2.22. The number of benzene rings is 1. The van der Waals surface area contributed by atoms with Crippen LogP contribution in [0.5, 0.6) is 0 Å². The van der Waals surface area contributed by atoms with Crippen LogP contribution in [0.4, 0.5) is 0 Å². The van der Waals surface area contributed by atoms with Gasteiger partial charge in [0.2, 0.25) is 0 Å². The summed E-state index contributed by atoms with van der Waals surface area (Å²) >= 11 is 0. The number of aryl methyl sites for hydroxylation is 1. The van der Waals surface area contributed by atoms with E-state index >= 15 is 0 Å². The molecule has 158 valence electrons. The zero-order chi connectivity index (χ0) is 21.6. The van der Waals surface area contributed by atoms with Gasteiger partial charge in [-0.3, -0.25) is 0 Å². The predicted molar refractivity (Wildman–Crippen MR) is 133 cm³/mol. The molecule has 0 spiro atoms. The van der Waals surface area contributed by atoms with Gasteiger partial charge in [0.25, 0.3) is 0 Å². The molecule has 0 radical (unpaired) electrons. The van der Waals surface area contributed by atoms with E-state index in [1.54, 1.807) is 0 Å². The molecule has 0 aliphatic heterocycles. The van der Waals surface area contributed by atoms with E-state index in [1.165, 1.54) is 65.5 Å². The molecule has 0 aliphatic carbocycles. The highest BCUT2D eigenvalue weighted by Gasteiger charge is 2.06. The molecule has 1 unspecified atom stereocenters. The van der Waals surface area contributed by atoms with Crippen LogP contribution in [0.15, 0.2) is 78.4 Å². The number of hydrogen-bond donors (Lipinski definition) is 0. The number of rotatable bonds is 13. The Balaban J connectivity index is 2.68. The second-order valence-electron chi connectivity index (χ2n) is 8.50. The predicted octanol–water partition coefficient (Wildman–Crippen LogP) is 9.26. The van der Waals surface area contributed by atoms with Gasteiger partial charge in [0.05, 0.1) is 0 Å². The Labute approximate surface area is 180 Å². The van der Waals surface area contributed by atoms with E-state index in [4.69, 9.17) is 0 Å². The number of allylic oxidation sites excluding steroid dienone is 8. The largest absolute Gasteiger partial charge is 0.0999 e. The molecule has 1 aromatic rings. The van der Waals surface area contributed by atoms with Crippen molar-refractivity contribution in [2.75, 3.05) is 0 Å². The van der Waals surface area contributed by atoms with Gasteiger partial charge in [-0.05, 0) is 88.8 Å². The third kappa shape index (κ3) is 9.79. The minimum atomic E-state index is 0.652. The Morgan fingerprint density at radius 3 is 2.48 bits per heavy atom. The summed E-state index contributed by atoms with van der Waals surface area (Å²) in [5, 5.41) is 0. The molecule has 29 heavy (non-hydrogen) atoms. The topological polar surface area (TPSA) is 0 Å². The average molecular weight is 391 g/mol. The Hall–Kier alpha value is -2.08. The van der Waals surface area contributed by atoms with Crippen LogP contribution < -0.4 is 0 Å². The molecule has 0 N–H and O–H groups in total. The van der Waals surface area contributed by atoms with Crippen LogP contribution in [0.3, 0.4) is 0 Å². The van der Waals surface area contributed by atoms with Crippen molar-refractivity contribution in [3.63, 3.8) is 0 Å². The third-order valence-corrected chi connectivity index (χ3v) is 5.78. The Bertz CT molecular complexity index is 735. The van der Waals surface area contributed by atoms with Crippen LogP contribution >= 0.6 is 0 Å². The smallest absolute Gasteiger partial charge is 0.0182 e. The van der Waals surface area contributed by atoms with Crippen molar-refractivity contribution >= 4 is 5.57 Å². The van der Waals surface area contributed by atoms with E-state index in [0.29, 0.717) is 5.92 Å². The lowest BCUT2D eigenvalue weighted by Gasteiger charge is -2.14. The summed E-state index contributed by atoms with van der Waals surface area (Å²) in [4.78, 5) is 0. The molecule has 0 aliphatic rings. The first-order valence-electron chi connectivity index (χ1n) is 11.3. The SMILES string of the molecule is C=C/C(=C\C=C/CCC(CCC)C(=C)C)c1cccc(CCCC(C)=C(C)C)c1. The molecule has 0 heterocycles. The molecule has 0 aromatic heterocycles. The maximum absolute atomic E-state index is 4.15. The third-order valence-electron chi connectivity index (χ3n) is 5.78. The molecule has 1 rings (SSSR count). The standard InChI is InChI=1S/C29H42/c1-8-15-28(24(5)6)20-12-10-11-19-27(9-2)29-21-14-18-26(22-29)17-13-16-25(7)23(3)4/h9-11,14,18-19,21-22,28H,2,5,8,12-13,15-17,20H2,1,3-4,6-7H3/b11-10-,27-19+. The van der Waals surface area contributed by atoms with Crippen LogP contribution in [0.25, 0.3) is 5.57 Å². The van der Waals surface area contributed by atoms with Gasteiger partial charge in [-0.25, -0.2) is 0 Å². The lowest BCUT2D eigenvalue weighted by Crippen LogP contribution is -2.00. The van der Waals surface area contributed by atoms with Gasteiger partial charge in [-0.1, -0.05) is 91.8 Å². The molecule has 0 saturated heterocycles.